The normalized spacial score (nSPS) is 14.2. The molecule has 0 bridgehead atoms. The van der Waals surface area contributed by atoms with E-state index in [1.165, 1.54) is 0 Å². The van der Waals surface area contributed by atoms with Gasteiger partial charge in [-0.25, -0.2) is 0 Å². The first-order chi connectivity index (χ1) is 12.0. The summed E-state index contributed by atoms with van der Waals surface area (Å²) >= 11 is 0. The van der Waals surface area contributed by atoms with E-state index in [1.54, 1.807) is 7.11 Å². The predicted molar refractivity (Wildman–Crippen MR) is 98.6 cm³/mol. The van der Waals surface area contributed by atoms with Crippen LogP contribution in [-0.2, 0) is 4.79 Å². The summed E-state index contributed by atoms with van der Waals surface area (Å²) in [7, 11) is 1.60. The van der Waals surface area contributed by atoms with Crippen molar-refractivity contribution in [2.24, 2.45) is 11.7 Å². The first kappa shape index (κ1) is 18.8. The van der Waals surface area contributed by atoms with Crippen LogP contribution in [0.25, 0.3) is 0 Å². The number of nitrogens with one attached hydrogen (secondary N) is 1. The van der Waals surface area contributed by atoms with Crippen molar-refractivity contribution in [1.82, 2.24) is 5.32 Å². The second kappa shape index (κ2) is 9.08. The van der Waals surface area contributed by atoms with Crippen LogP contribution in [0.1, 0.15) is 25.5 Å². The Balaban J connectivity index is 1.86. The molecule has 3 N–H and O–H groups in total. The standard InChI is InChI=1S/C20H26N2O3/c1-14(25-18-12-8-7-11-17(18)24-3)13-22-20(23)15(2)19(21)16-9-5-4-6-10-16/h4-12,14-15,19H,13,21H2,1-3H3,(H,22,23). The van der Waals surface area contributed by atoms with Gasteiger partial charge in [0.2, 0.25) is 5.91 Å². The first-order valence-electron chi connectivity index (χ1n) is 8.40. The number of hydrogen-bond donors (Lipinski definition) is 2. The Morgan fingerprint density at radius 2 is 1.64 bits per heavy atom. The van der Waals surface area contributed by atoms with Crippen molar-refractivity contribution >= 4 is 5.91 Å². The lowest BCUT2D eigenvalue weighted by Gasteiger charge is -2.22. The van der Waals surface area contributed by atoms with Crippen molar-refractivity contribution in [2.75, 3.05) is 13.7 Å². The number of ether oxygens (including phenoxy) is 2. The Hall–Kier alpha value is -2.53. The number of methoxy groups -OCH3 is 1. The number of amides is 1. The van der Waals surface area contributed by atoms with E-state index in [4.69, 9.17) is 15.2 Å². The molecule has 0 aliphatic heterocycles. The zero-order chi connectivity index (χ0) is 18.2. The van der Waals surface area contributed by atoms with Crippen LogP contribution in [0.15, 0.2) is 54.6 Å². The Morgan fingerprint density at radius 3 is 2.28 bits per heavy atom. The number of carbonyl (C=O) groups excluding carboxylic acids is 1. The van der Waals surface area contributed by atoms with E-state index in [-0.39, 0.29) is 24.0 Å². The minimum absolute atomic E-state index is 0.0909. The van der Waals surface area contributed by atoms with Crippen molar-refractivity contribution < 1.29 is 14.3 Å². The van der Waals surface area contributed by atoms with Crippen LogP contribution in [0.3, 0.4) is 0 Å². The van der Waals surface area contributed by atoms with Crippen LogP contribution in [0.4, 0.5) is 0 Å². The smallest absolute Gasteiger partial charge is 0.224 e. The molecular formula is C20H26N2O3. The number of para-hydroxylation sites is 2. The lowest BCUT2D eigenvalue weighted by molar-refractivity contribution is -0.125. The number of benzene rings is 2. The van der Waals surface area contributed by atoms with Crippen LogP contribution >= 0.6 is 0 Å². The van der Waals surface area contributed by atoms with E-state index in [1.807, 2.05) is 68.4 Å². The molecule has 3 atom stereocenters. The molecule has 0 aromatic heterocycles. The number of nitrogens with two attached hydrogens (primary N) is 1. The molecule has 5 nitrogen and oxygen atoms in total. The van der Waals surface area contributed by atoms with Gasteiger partial charge in [-0.15, -0.1) is 0 Å². The van der Waals surface area contributed by atoms with Crippen LogP contribution in [0.5, 0.6) is 11.5 Å². The zero-order valence-corrected chi connectivity index (χ0v) is 14.9. The van der Waals surface area contributed by atoms with E-state index < -0.39 is 0 Å². The Morgan fingerprint density at radius 1 is 1.04 bits per heavy atom. The van der Waals surface area contributed by atoms with Gasteiger partial charge in [0.1, 0.15) is 6.10 Å². The highest BCUT2D eigenvalue weighted by Crippen LogP contribution is 2.26. The van der Waals surface area contributed by atoms with Gasteiger partial charge < -0.3 is 20.5 Å². The molecule has 5 heteroatoms. The van der Waals surface area contributed by atoms with Crippen molar-refractivity contribution in [1.29, 1.82) is 0 Å². The lowest BCUT2D eigenvalue weighted by atomic mass is 9.94. The molecule has 134 valence electrons. The maximum absolute atomic E-state index is 12.4. The fourth-order valence-corrected chi connectivity index (χ4v) is 2.51. The molecular weight excluding hydrogens is 316 g/mol. The van der Waals surface area contributed by atoms with E-state index in [0.29, 0.717) is 18.0 Å². The minimum Gasteiger partial charge on any atom is -0.493 e. The van der Waals surface area contributed by atoms with Crippen LogP contribution in [0.2, 0.25) is 0 Å². The van der Waals surface area contributed by atoms with Gasteiger partial charge >= 0.3 is 0 Å². The first-order valence-corrected chi connectivity index (χ1v) is 8.40. The highest BCUT2D eigenvalue weighted by atomic mass is 16.5. The number of rotatable bonds is 8. The molecule has 3 unspecified atom stereocenters. The summed E-state index contributed by atoms with van der Waals surface area (Å²) in [6.07, 6.45) is -0.194. The molecule has 2 aromatic rings. The third kappa shape index (κ3) is 5.22. The molecule has 0 heterocycles. The Bertz CT molecular complexity index is 676. The molecule has 0 spiro atoms. The topological polar surface area (TPSA) is 73.6 Å². The Kier molecular flexibility index (Phi) is 6.83. The third-order valence-corrected chi connectivity index (χ3v) is 4.10. The molecule has 1 amide bonds. The Labute approximate surface area is 149 Å². The summed E-state index contributed by atoms with van der Waals surface area (Å²) in [6, 6.07) is 16.7. The van der Waals surface area contributed by atoms with Crippen LogP contribution in [0, 0.1) is 5.92 Å². The van der Waals surface area contributed by atoms with Gasteiger partial charge in [0.15, 0.2) is 11.5 Å². The number of hydrogen-bond acceptors (Lipinski definition) is 4. The van der Waals surface area contributed by atoms with Gasteiger partial charge in [-0.1, -0.05) is 49.4 Å². The average Bonchev–Trinajstić information content (AvgIpc) is 2.66. The molecule has 2 rings (SSSR count). The van der Waals surface area contributed by atoms with E-state index in [0.717, 1.165) is 5.56 Å². The SMILES string of the molecule is COc1ccccc1OC(C)CNC(=O)C(C)C(N)c1ccccc1. The van der Waals surface area contributed by atoms with Crippen molar-refractivity contribution in [3.8, 4) is 11.5 Å². The van der Waals surface area contributed by atoms with E-state index in [2.05, 4.69) is 5.32 Å². The minimum atomic E-state index is -0.341. The van der Waals surface area contributed by atoms with Gasteiger partial charge in [-0.3, -0.25) is 4.79 Å². The molecule has 25 heavy (non-hydrogen) atoms. The largest absolute Gasteiger partial charge is 0.493 e. The quantitative estimate of drug-likeness (QED) is 0.773. The third-order valence-electron chi connectivity index (χ3n) is 4.10. The summed E-state index contributed by atoms with van der Waals surface area (Å²) in [5, 5.41) is 2.91. The van der Waals surface area contributed by atoms with Gasteiger partial charge in [0.25, 0.3) is 0 Å². The van der Waals surface area contributed by atoms with E-state index >= 15 is 0 Å². The van der Waals surface area contributed by atoms with Crippen molar-refractivity contribution in [3.63, 3.8) is 0 Å². The summed E-state index contributed by atoms with van der Waals surface area (Å²) in [5.41, 5.74) is 7.15. The molecule has 0 radical (unpaired) electrons. The molecule has 2 aromatic carbocycles. The maximum atomic E-state index is 12.4. The molecule has 0 aliphatic carbocycles. The highest BCUT2D eigenvalue weighted by Gasteiger charge is 2.22. The molecule has 0 saturated heterocycles. The summed E-state index contributed by atoms with van der Waals surface area (Å²) in [5.74, 6) is 0.897. The van der Waals surface area contributed by atoms with Gasteiger partial charge in [0, 0.05) is 6.04 Å². The lowest BCUT2D eigenvalue weighted by Crippen LogP contribution is -2.40. The predicted octanol–water partition coefficient (Wildman–Crippen LogP) is 2.91. The van der Waals surface area contributed by atoms with Crippen LogP contribution in [-0.4, -0.2) is 25.7 Å². The van der Waals surface area contributed by atoms with Crippen molar-refractivity contribution in [2.45, 2.75) is 26.0 Å². The monoisotopic (exact) mass is 342 g/mol. The average molecular weight is 342 g/mol. The molecule has 0 saturated carbocycles. The van der Waals surface area contributed by atoms with Crippen molar-refractivity contribution in [3.05, 3.63) is 60.2 Å². The summed E-state index contributed by atoms with van der Waals surface area (Å²) < 4.78 is 11.1. The zero-order valence-electron chi connectivity index (χ0n) is 14.9. The van der Waals surface area contributed by atoms with Crippen LogP contribution < -0.4 is 20.5 Å². The highest BCUT2D eigenvalue weighted by molar-refractivity contribution is 5.79. The second-order valence-corrected chi connectivity index (χ2v) is 6.05. The summed E-state index contributed by atoms with van der Waals surface area (Å²) in [4.78, 5) is 12.4. The molecule has 0 aliphatic rings. The second-order valence-electron chi connectivity index (χ2n) is 6.05. The fraction of sp³-hybridized carbons (Fsp3) is 0.350. The maximum Gasteiger partial charge on any atom is 0.224 e. The summed E-state index contributed by atoms with van der Waals surface area (Å²) in [6.45, 7) is 4.12. The van der Waals surface area contributed by atoms with E-state index in [9.17, 15) is 4.79 Å². The van der Waals surface area contributed by atoms with Gasteiger partial charge in [0.05, 0.1) is 19.6 Å². The van der Waals surface area contributed by atoms with Gasteiger partial charge in [-0.2, -0.15) is 0 Å². The number of carbonyl (C=O) groups is 1. The fourth-order valence-electron chi connectivity index (χ4n) is 2.51. The molecule has 0 fully saturated rings. The van der Waals surface area contributed by atoms with Gasteiger partial charge in [-0.05, 0) is 24.6 Å².